The average molecular weight is 398 g/mol. The molecule has 0 fully saturated rings. The van der Waals surface area contributed by atoms with E-state index in [0.717, 1.165) is 0 Å². The van der Waals surface area contributed by atoms with Gasteiger partial charge in [-0.25, -0.2) is 17.8 Å². The molecule has 2 heterocycles. The van der Waals surface area contributed by atoms with Crippen LogP contribution in [0, 0.1) is 5.82 Å². The molecule has 0 aliphatic rings. The van der Waals surface area contributed by atoms with Gasteiger partial charge in [-0.05, 0) is 36.4 Å². The van der Waals surface area contributed by atoms with E-state index in [2.05, 4.69) is 20.0 Å². The minimum absolute atomic E-state index is 0.0255. The minimum Gasteiger partial charge on any atom is -0.354 e. The molecular formula is C19H15FN4O3S. The molecule has 9 heteroatoms. The molecule has 0 atom stereocenters. The highest BCUT2D eigenvalue weighted by molar-refractivity contribution is 7.92. The third kappa shape index (κ3) is 2.95. The molecule has 4 aromatic rings. The molecule has 4 rings (SSSR count). The number of nitrogens with one attached hydrogen (secondary N) is 3. The molecular weight excluding hydrogens is 383 g/mol. The fourth-order valence-electron chi connectivity index (χ4n) is 3.01. The van der Waals surface area contributed by atoms with E-state index < -0.39 is 15.8 Å². The smallest absolute Gasteiger partial charge is 0.271 e. The van der Waals surface area contributed by atoms with Gasteiger partial charge in [-0.1, -0.05) is 12.1 Å². The molecule has 0 radical (unpaired) electrons. The van der Waals surface area contributed by atoms with E-state index in [9.17, 15) is 17.6 Å². The van der Waals surface area contributed by atoms with Crippen molar-refractivity contribution in [3.8, 4) is 0 Å². The predicted molar refractivity (Wildman–Crippen MR) is 104 cm³/mol. The summed E-state index contributed by atoms with van der Waals surface area (Å²) < 4.78 is 41.5. The Morgan fingerprint density at radius 1 is 1.11 bits per heavy atom. The Morgan fingerprint density at radius 3 is 2.64 bits per heavy atom. The number of para-hydroxylation sites is 1. The van der Waals surface area contributed by atoms with Gasteiger partial charge in [0.2, 0.25) is 0 Å². The van der Waals surface area contributed by atoms with Gasteiger partial charge in [0.1, 0.15) is 5.82 Å². The van der Waals surface area contributed by atoms with Gasteiger partial charge >= 0.3 is 0 Å². The number of rotatable bonds is 4. The molecule has 0 saturated carbocycles. The summed E-state index contributed by atoms with van der Waals surface area (Å²) in [6.45, 7) is 0. The van der Waals surface area contributed by atoms with Crippen LogP contribution in [-0.4, -0.2) is 31.3 Å². The van der Waals surface area contributed by atoms with Crippen molar-refractivity contribution < 1.29 is 17.6 Å². The summed E-state index contributed by atoms with van der Waals surface area (Å²) in [6.07, 6.45) is 1.49. The number of anilines is 1. The van der Waals surface area contributed by atoms with Crippen molar-refractivity contribution in [2.45, 2.75) is 4.90 Å². The van der Waals surface area contributed by atoms with E-state index in [1.807, 2.05) is 0 Å². The standard InChI is InChI=1S/C19H15FN4O3S/c1-21-19(25)18-17-12(8-9-22-18)13-10-11(6-7-15(13)23-17)28(26,27)24-16-5-3-2-4-14(16)20/h2-10,23-24H,1H3,(H,21,25). The van der Waals surface area contributed by atoms with Crippen LogP contribution >= 0.6 is 0 Å². The maximum absolute atomic E-state index is 13.8. The number of amides is 1. The third-order valence-electron chi connectivity index (χ3n) is 4.36. The topological polar surface area (TPSA) is 104 Å². The van der Waals surface area contributed by atoms with Crippen LogP contribution in [0.1, 0.15) is 10.5 Å². The van der Waals surface area contributed by atoms with Gasteiger partial charge in [-0.2, -0.15) is 0 Å². The number of pyridine rings is 1. The zero-order valence-electron chi connectivity index (χ0n) is 14.7. The molecule has 0 spiro atoms. The van der Waals surface area contributed by atoms with Crippen LogP contribution in [0.2, 0.25) is 0 Å². The van der Waals surface area contributed by atoms with E-state index >= 15 is 0 Å². The number of aromatic amines is 1. The maximum Gasteiger partial charge on any atom is 0.271 e. The number of carbonyl (C=O) groups excluding carboxylic acids is 1. The number of carbonyl (C=O) groups is 1. The molecule has 0 bridgehead atoms. The van der Waals surface area contributed by atoms with E-state index in [0.29, 0.717) is 21.8 Å². The van der Waals surface area contributed by atoms with Crippen LogP contribution in [0.4, 0.5) is 10.1 Å². The van der Waals surface area contributed by atoms with Crippen LogP contribution in [0.5, 0.6) is 0 Å². The average Bonchev–Trinajstić information content (AvgIpc) is 3.07. The number of fused-ring (bicyclic) bond motifs is 3. The summed E-state index contributed by atoms with van der Waals surface area (Å²) in [6, 6.07) is 11.7. The lowest BCUT2D eigenvalue weighted by Crippen LogP contribution is -2.19. The van der Waals surface area contributed by atoms with E-state index in [1.54, 1.807) is 12.1 Å². The van der Waals surface area contributed by atoms with Crippen molar-refractivity contribution in [2.24, 2.45) is 0 Å². The molecule has 28 heavy (non-hydrogen) atoms. The van der Waals surface area contributed by atoms with E-state index in [4.69, 9.17) is 0 Å². The Balaban J connectivity index is 1.84. The molecule has 0 aliphatic carbocycles. The molecule has 7 nitrogen and oxygen atoms in total. The summed E-state index contributed by atoms with van der Waals surface area (Å²) in [7, 11) is -2.50. The van der Waals surface area contributed by atoms with Crippen molar-refractivity contribution in [3.05, 3.63) is 66.2 Å². The molecule has 1 amide bonds. The van der Waals surface area contributed by atoms with Crippen molar-refractivity contribution in [3.63, 3.8) is 0 Å². The summed E-state index contributed by atoms with van der Waals surface area (Å²) in [5, 5.41) is 3.79. The molecule has 3 N–H and O–H groups in total. The van der Waals surface area contributed by atoms with Crippen LogP contribution in [0.25, 0.3) is 21.8 Å². The second-order valence-corrected chi connectivity index (χ2v) is 7.76. The number of benzene rings is 2. The van der Waals surface area contributed by atoms with Gasteiger partial charge in [0.25, 0.3) is 15.9 Å². The van der Waals surface area contributed by atoms with Crippen LogP contribution in [0.15, 0.2) is 59.6 Å². The first-order valence-corrected chi connectivity index (χ1v) is 9.79. The highest BCUT2D eigenvalue weighted by Gasteiger charge is 2.19. The minimum atomic E-state index is -4.00. The first kappa shape index (κ1) is 17.9. The highest BCUT2D eigenvalue weighted by atomic mass is 32.2. The number of sulfonamides is 1. The summed E-state index contributed by atoms with van der Waals surface area (Å²) in [5.41, 5.74) is 1.24. The van der Waals surface area contributed by atoms with Gasteiger partial charge in [0, 0.05) is 29.5 Å². The largest absolute Gasteiger partial charge is 0.354 e. The molecule has 2 aromatic heterocycles. The van der Waals surface area contributed by atoms with Crippen LogP contribution in [0.3, 0.4) is 0 Å². The van der Waals surface area contributed by atoms with Gasteiger partial charge in [0.15, 0.2) is 5.69 Å². The van der Waals surface area contributed by atoms with E-state index in [-0.39, 0.29) is 22.2 Å². The maximum atomic E-state index is 13.8. The van der Waals surface area contributed by atoms with E-state index in [1.165, 1.54) is 49.6 Å². The lowest BCUT2D eigenvalue weighted by atomic mass is 10.1. The molecule has 2 aromatic carbocycles. The van der Waals surface area contributed by atoms with Crippen LogP contribution < -0.4 is 10.0 Å². The summed E-state index contributed by atoms with van der Waals surface area (Å²) >= 11 is 0. The van der Waals surface area contributed by atoms with Crippen molar-refractivity contribution in [1.82, 2.24) is 15.3 Å². The zero-order chi connectivity index (χ0) is 19.9. The van der Waals surface area contributed by atoms with Crippen molar-refractivity contribution >= 4 is 43.4 Å². The van der Waals surface area contributed by atoms with Gasteiger partial charge < -0.3 is 10.3 Å². The number of hydrogen-bond acceptors (Lipinski definition) is 4. The normalized spacial score (nSPS) is 11.6. The molecule has 142 valence electrons. The highest BCUT2D eigenvalue weighted by Crippen LogP contribution is 2.29. The third-order valence-corrected chi connectivity index (χ3v) is 5.73. The lowest BCUT2D eigenvalue weighted by Gasteiger charge is -2.09. The summed E-state index contributed by atoms with van der Waals surface area (Å²) in [5.74, 6) is -1.02. The SMILES string of the molecule is CNC(=O)c1nccc2c1[nH]c1ccc(S(=O)(=O)Nc3ccccc3F)cc12. The Morgan fingerprint density at radius 2 is 1.89 bits per heavy atom. The quantitative estimate of drug-likeness (QED) is 0.491. The van der Waals surface area contributed by atoms with Crippen molar-refractivity contribution in [2.75, 3.05) is 11.8 Å². The Hall–Kier alpha value is -3.46. The first-order chi connectivity index (χ1) is 13.4. The second-order valence-electron chi connectivity index (χ2n) is 6.08. The first-order valence-electron chi connectivity index (χ1n) is 8.30. The number of halogens is 1. The zero-order valence-corrected chi connectivity index (χ0v) is 15.5. The van der Waals surface area contributed by atoms with Gasteiger partial charge in [-0.3, -0.25) is 9.52 Å². The second kappa shape index (κ2) is 6.61. The number of aromatic nitrogens is 2. The van der Waals surface area contributed by atoms with Gasteiger partial charge in [-0.15, -0.1) is 0 Å². The number of hydrogen-bond donors (Lipinski definition) is 3. The Kier molecular flexibility index (Phi) is 4.23. The number of H-pyrrole nitrogens is 1. The number of nitrogens with zero attached hydrogens (tertiary/aromatic N) is 1. The summed E-state index contributed by atoms with van der Waals surface area (Å²) in [4.78, 5) is 19.2. The lowest BCUT2D eigenvalue weighted by molar-refractivity contribution is 0.0960. The van der Waals surface area contributed by atoms with Gasteiger partial charge in [0.05, 0.1) is 16.1 Å². The molecule has 0 unspecified atom stereocenters. The monoisotopic (exact) mass is 398 g/mol. The Labute approximate surface area is 159 Å². The van der Waals surface area contributed by atoms with Crippen LogP contribution in [-0.2, 0) is 10.0 Å². The fourth-order valence-corrected chi connectivity index (χ4v) is 4.10. The molecule has 0 saturated heterocycles. The molecule has 0 aliphatic heterocycles. The predicted octanol–water partition coefficient (Wildman–Crippen LogP) is 3.02. The Bertz CT molecular complexity index is 1330. The fraction of sp³-hybridized carbons (Fsp3) is 0.0526. The van der Waals surface area contributed by atoms with Crippen molar-refractivity contribution in [1.29, 1.82) is 0 Å².